The molecular formula is C56H78F2N36O26. The largest absolute Gasteiger partial charge is 0.459 e. The number of carbonyl (C=O) groups excluding carboxylic acids is 4. The van der Waals surface area contributed by atoms with E-state index in [2.05, 4.69) is 120 Å². The monoisotopic (exact) mass is 1710 g/mol. The third-order valence-corrected chi connectivity index (χ3v) is 19.6. The lowest BCUT2D eigenvalue weighted by Crippen LogP contribution is -2.63. The zero-order valence-corrected chi connectivity index (χ0v) is 63.3. The quantitative estimate of drug-likeness (QED) is 0.0155. The summed E-state index contributed by atoms with van der Waals surface area (Å²) < 4.78 is 125. The van der Waals surface area contributed by atoms with Crippen molar-refractivity contribution in [1.29, 1.82) is 0 Å². The fourth-order valence-corrected chi connectivity index (χ4v) is 14.4. The van der Waals surface area contributed by atoms with Crippen LogP contribution < -0.4 is 0 Å². The van der Waals surface area contributed by atoms with E-state index >= 15 is 8.78 Å². The second kappa shape index (κ2) is 46.3. The van der Waals surface area contributed by atoms with E-state index < -0.39 is 296 Å². The molecule has 2 saturated carbocycles. The van der Waals surface area contributed by atoms with E-state index in [9.17, 15) is 77.5 Å². The summed E-state index contributed by atoms with van der Waals surface area (Å²) in [6.45, 7) is 4.14. The standard InChI is InChI=1S/C33H45FN18O14.C23H33FN18O12/c1-7-18-26(65-32-23(46-52-40)28(59-14(5)55)27(58-13(4)54)20(63-32)10-42-48-36)30(60-15(6)56)33(61-18)66-29-24(57-12(3)53)16(43-49-37)8-17(44-50-38)25(29)64-31-22(45-51-39)21(34)11(2)19(62-31)9-41-47-35;24-10-11(35-41-29)21(49-7(14(10)45)2-31-37-25)52-18-6(34-40-28)1-5(33-39-27)13(44)20(18)54-23-17(48)19(9(4-43)51-23)53-22-12(36-42-30)16(47)15(46)8(50-22)3-32-38-26/h11,16-33H,7-10H2,1-6H3;5-23,43-48H,1-4H2/t11-,16+,17-,18+,19+,20-,21-,22+,23+,24-,25+,26+,27+,28+,29+,30+,31+,32+,33-;5-,6+,7-,8+,9-,10-,11-,12-,13+,14+,15-,16-,17-,18-,19-,20-,21-,22-,23+/m01/s1. The molecule has 64 heteroatoms. The molecular weight excluding hydrogens is 1630 g/mol. The summed E-state index contributed by atoms with van der Waals surface area (Å²) in [4.78, 5) is 82.4. The number of hydrogen-bond donors (Lipinski definition) is 6. The van der Waals surface area contributed by atoms with Crippen molar-refractivity contribution in [3.05, 3.63) is 125 Å². The van der Waals surface area contributed by atoms with E-state index in [0.29, 0.717) is 0 Å². The predicted molar refractivity (Wildman–Crippen MR) is 379 cm³/mol. The first kappa shape index (κ1) is 95.9. The topological polar surface area (TPSA) is 922 Å². The van der Waals surface area contributed by atoms with E-state index in [1.54, 1.807) is 6.92 Å². The zero-order valence-electron chi connectivity index (χ0n) is 63.3. The molecule has 6 aliphatic heterocycles. The second-order valence-corrected chi connectivity index (χ2v) is 26.9. The van der Waals surface area contributed by atoms with Gasteiger partial charge in [0, 0.05) is 92.6 Å². The molecule has 8 aliphatic rings. The van der Waals surface area contributed by atoms with E-state index in [1.165, 1.54) is 6.92 Å². The molecule has 0 spiro atoms. The zero-order chi connectivity index (χ0) is 88.2. The van der Waals surface area contributed by atoms with Crippen LogP contribution in [0.5, 0.6) is 0 Å². The van der Waals surface area contributed by atoms with Crippen molar-refractivity contribution in [2.45, 2.75) is 287 Å². The average Bonchev–Trinajstić information content (AvgIpc) is 1.57. The van der Waals surface area contributed by atoms with Gasteiger partial charge in [0.15, 0.2) is 56.1 Å². The molecule has 0 bridgehead atoms. The van der Waals surface area contributed by atoms with Crippen LogP contribution in [-0.2, 0) is 95.0 Å². The van der Waals surface area contributed by atoms with Crippen molar-refractivity contribution >= 4 is 23.9 Å². The van der Waals surface area contributed by atoms with Crippen molar-refractivity contribution in [2.75, 3.05) is 32.8 Å². The molecule has 120 heavy (non-hydrogen) atoms. The van der Waals surface area contributed by atoms with Gasteiger partial charge in [-0.2, -0.15) is 0 Å². The summed E-state index contributed by atoms with van der Waals surface area (Å²) in [5, 5.41) is 106. The minimum Gasteiger partial charge on any atom is -0.459 e. The average molecular weight is 1710 g/mol. The number of rotatable bonds is 34. The molecule has 0 aromatic rings. The van der Waals surface area contributed by atoms with Gasteiger partial charge in [0.2, 0.25) is 0 Å². The lowest BCUT2D eigenvalue weighted by Gasteiger charge is -2.47. The van der Waals surface area contributed by atoms with Gasteiger partial charge in [-0.25, -0.2) is 8.78 Å². The molecule has 6 N–H and O–H groups in total. The van der Waals surface area contributed by atoms with E-state index in [1.807, 2.05) is 0 Å². The highest BCUT2D eigenvalue weighted by Gasteiger charge is 2.61. The maximum Gasteiger partial charge on any atom is 0.303 e. The summed E-state index contributed by atoms with van der Waals surface area (Å²) in [6.07, 6.45) is -50.3. The van der Waals surface area contributed by atoms with Crippen LogP contribution in [0.3, 0.4) is 0 Å². The number of carbonyl (C=O) groups is 4. The number of aliphatic hydroxyl groups is 6. The normalized spacial score (nSPS) is 39.7. The SMILES string of the molecule is CC[C@H]1O[C@@H](O[C@@H]2[C@@H](OC(C)=O)[C@H](N=[N+]=[N-])C[C@H](N=[N+]=[N-])[C@H]2O[C@H]2O[C@H](CN=[N+]=[N-])[C@H](C)[C@H](F)[C@H]2N=[N+]=[N-])[C@H](OC(C)=O)[C@@H]1O[C@H]1O[C@@H](CN=[N+]=[N-])[C@@H](OC(C)=O)[C@H](OC(C)=O)[C@H]1N=[N+]=[N-].[N-]=[N+]=NC[C@@H]1O[C@H](O[C@H]2[C@@H](O)[C@H](O[C@@H]3[C@@H](O)[C@H](N=[N+]=[N-])C[C@H](N=[N+]=[N-])[C@H]3O[C@H]3O[C@H](CN=[N+]=[N-])[C@H](O)[C@H](F)[C@H]3N=[N+]=[N-])O[C@@H]2CO)[C@H](N=[N+]=[N-])[C@@H](O)[C@@H]1O. The Kier molecular flexibility index (Phi) is 37.0. The number of nitrogens with zero attached hydrogens (tertiary/aromatic N) is 36. The number of alkyl halides is 2. The summed E-state index contributed by atoms with van der Waals surface area (Å²) >= 11 is 0. The van der Waals surface area contributed by atoms with Crippen LogP contribution in [0, 0.1) is 5.92 Å². The first-order valence-corrected chi connectivity index (χ1v) is 35.8. The van der Waals surface area contributed by atoms with E-state index in [4.69, 9.17) is 115 Å². The minimum absolute atomic E-state index is 0.0415. The highest BCUT2D eigenvalue weighted by molar-refractivity contribution is 5.68. The molecule has 8 fully saturated rings. The minimum atomic E-state index is -2.37. The molecule has 6 saturated heterocycles. The van der Waals surface area contributed by atoms with Crippen LogP contribution in [0.15, 0.2) is 61.4 Å². The lowest BCUT2D eigenvalue weighted by atomic mass is 9.83. The molecule has 0 aromatic carbocycles. The van der Waals surface area contributed by atoms with E-state index in [0.717, 1.165) is 27.7 Å². The third-order valence-electron chi connectivity index (χ3n) is 19.6. The van der Waals surface area contributed by atoms with E-state index in [-0.39, 0.29) is 12.8 Å². The number of esters is 4. The van der Waals surface area contributed by atoms with Crippen LogP contribution >= 0.6 is 0 Å². The number of aliphatic hydroxyl groups excluding tert-OH is 6. The van der Waals surface area contributed by atoms with Gasteiger partial charge in [-0.05, 0) is 85.6 Å². The van der Waals surface area contributed by atoms with Gasteiger partial charge in [-0.15, -0.1) is 0 Å². The second-order valence-electron chi connectivity index (χ2n) is 26.9. The Bertz CT molecular complexity index is 4190. The van der Waals surface area contributed by atoms with Crippen LogP contribution in [0.25, 0.3) is 125 Å². The van der Waals surface area contributed by atoms with Crippen molar-refractivity contribution in [2.24, 2.45) is 67.3 Å². The van der Waals surface area contributed by atoms with Crippen molar-refractivity contribution in [3.8, 4) is 0 Å². The van der Waals surface area contributed by atoms with Crippen LogP contribution in [-0.4, -0.2) is 314 Å². The van der Waals surface area contributed by atoms with Crippen molar-refractivity contribution in [1.82, 2.24) is 0 Å². The maximum absolute atomic E-state index is 16.0. The Morgan fingerprint density at radius 1 is 0.333 bits per heavy atom. The van der Waals surface area contributed by atoms with Crippen LogP contribution in [0.2, 0.25) is 0 Å². The number of hydrogen-bond acceptors (Lipinski definition) is 38. The van der Waals surface area contributed by atoms with Gasteiger partial charge >= 0.3 is 23.9 Å². The molecule has 2 aliphatic carbocycles. The lowest BCUT2D eigenvalue weighted by molar-refractivity contribution is -0.302. The Labute approximate surface area is 669 Å². The molecule has 0 aromatic heterocycles. The van der Waals surface area contributed by atoms with Crippen LogP contribution in [0.1, 0.15) is 60.8 Å². The van der Waals surface area contributed by atoms with Gasteiger partial charge in [-0.1, -0.05) is 75.2 Å². The van der Waals surface area contributed by atoms with Gasteiger partial charge in [0.05, 0.1) is 106 Å². The molecule has 652 valence electrons. The smallest absolute Gasteiger partial charge is 0.303 e. The molecule has 6 heterocycles. The highest BCUT2D eigenvalue weighted by atomic mass is 19.1. The molecule has 0 radical (unpaired) electrons. The first-order valence-electron chi connectivity index (χ1n) is 35.8. The Morgan fingerprint density at radius 2 is 0.692 bits per heavy atom. The maximum atomic E-state index is 16.0. The molecule has 38 atom stereocenters. The van der Waals surface area contributed by atoms with Crippen molar-refractivity contribution < 1.29 is 134 Å². The summed E-state index contributed by atoms with van der Waals surface area (Å²) in [7, 11) is 0. The van der Waals surface area contributed by atoms with Crippen molar-refractivity contribution in [3.63, 3.8) is 0 Å². The fourth-order valence-electron chi connectivity index (χ4n) is 14.4. The van der Waals surface area contributed by atoms with Gasteiger partial charge < -0.3 is 106 Å². The first-order chi connectivity index (χ1) is 57.5. The number of ether oxygens (including phenoxy) is 16. The predicted octanol–water partition coefficient (Wildman–Crippen LogP) is 5.36. The third kappa shape index (κ3) is 23.6. The highest BCUT2D eigenvalue weighted by Crippen LogP contribution is 2.44. The number of halogens is 2. The van der Waals surface area contributed by atoms with Crippen LogP contribution in [0.4, 0.5) is 8.78 Å². The van der Waals surface area contributed by atoms with Gasteiger partial charge in [0.25, 0.3) is 0 Å². The Hall–Kier alpha value is -11.3. The Morgan fingerprint density at radius 3 is 1.20 bits per heavy atom. The molecule has 0 unspecified atom stereocenters. The molecule has 62 nitrogen and oxygen atoms in total. The molecule has 0 amide bonds. The molecule has 8 rings (SSSR count). The van der Waals surface area contributed by atoms with Gasteiger partial charge in [0.1, 0.15) is 97.6 Å². The summed E-state index contributed by atoms with van der Waals surface area (Å²) in [5.41, 5.74) is 111. The van der Waals surface area contributed by atoms with Gasteiger partial charge in [-0.3, -0.25) is 19.2 Å². The fraction of sp³-hybridized carbons (Fsp3) is 0.929. The number of azide groups is 12. The Balaban J connectivity index is 0.000000337. The summed E-state index contributed by atoms with van der Waals surface area (Å²) in [6, 6.07) is -12.6. The summed E-state index contributed by atoms with van der Waals surface area (Å²) in [5.74, 6) is -4.70.